The van der Waals surface area contributed by atoms with E-state index in [0.29, 0.717) is 46.3 Å². The maximum Gasteiger partial charge on any atom is 0.279 e. The molecule has 0 spiro atoms. The van der Waals surface area contributed by atoms with Gasteiger partial charge in [0.25, 0.3) is 5.91 Å². The van der Waals surface area contributed by atoms with Crippen molar-refractivity contribution < 1.29 is 23.4 Å². The van der Waals surface area contributed by atoms with Crippen molar-refractivity contribution in [1.29, 1.82) is 0 Å². The lowest BCUT2D eigenvalue weighted by Crippen LogP contribution is -2.19. The molecule has 8 heteroatoms. The molecule has 3 aromatic rings. The summed E-state index contributed by atoms with van der Waals surface area (Å²) in [7, 11) is 3.03. The highest BCUT2D eigenvalue weighted by Gasteiger charge is 2.12. The first-order chi connectivity index (χ1) is 13.5. The fourth-order valence-electron chi connectivity index (χ4n) is 2.73. The lowest BCUT2D eigenvalue weighted by molar-refractivity contribution is 0.0996. The van der Waals surface area contributed by atoms with Gasteiger partial charge in [0.05, 0.1) is 31.0 Å². The Balaban J connectivity index is 2.07. The standard InChI is InChI=1S/C20H21FN2O4S/c1-4-27-8-7-23-17-6-5-14(21)11-18(17)28-20(23)22-19(24)13-9-15(25-2)12-16(10-13)26-3/h5-6,9-12H,4,7-8H2,1-3H3. The Hall–Kier alpha value is -2.71. The van der Waals surface area contributed by atoms with Crippen LogP contribution in [0.15, 0.2) is 41.4 Å². The number of rotatable bonds is 7. The second kappa shape index (κ2) is 8.99. The van der Waals surface area contributed by atoms with Crippen LogP contribution < -0.4 is 14.3 Å². The molecule has 0 atom stereocenters. The highest BCUT2D eigenvalue weighted by atomic mass is 32.1. The van der Waals surface area contributed by atoms with Crippen LogP contribution in [0, 0.1) is 5.82 Å². The van der Waals surface area contributed by atoms with E-state index < -0.39 is 5.91 Å². The zero-order chi connectivity index (χ0) is 20.1. The highest BCUT2D eigenvalue weighted by Crippen LogP contribution is 2.23. The largest absolute Gasteiger partial charge is 0.497 e. The quantitative estimate of drug-likeness (QED) is 0.564. The second-order valence-electron chi connectivity index (χ2n) is 5.86. The summed E-state index contributed by atoms with van der Waals surface area (Å²) < 4.78 is 32.1. The van der Waals surface area contributed by atoms with Crippen molar-refractivity contribution in [3.05, 3.63) is 52.6 Å². The number of hydrogen-bond acceptors (Lipinski definition) is 5. The molecular weight excluding hydrogens is 383 g/mol. The zero-order valence-electron chi connectivity index (χ0n) is 15.9. The minimum absolute atomic E-state index is 0.332. The molecule has 0 fully saturated rings. The minimum atomic E-state index is -0.436. The van der Waals surface area contributed by atoms with Crippen LogP contribution in [0.3, 0.4) is 0 Å². The molecule has 0 unspecified atom stereocenters. The molecule has 0 N–H and O–H groups in total. The van der Waals surface area contributed by atoms with Gasteiger partial charge in [-0.3, -0.25) is 4.79 Å². The summed E-state index contributed by atoms with van der Waals surface area (Å²) in [6, 6.07) is 9.41. The maximum absolute atomic E-state index is 13.6. The summed E-state index contributed by atoms with van der Waals surface area (Å²) in [5, 5.41) is 0. The number of aromatic nitrogens is 1. The molecule has 28 heavy (non-hydrogen) atoms. The van der Waals surface area contributed by atoms with Crippen LogP contribution >= 0.6 is 11.3 Å². The van der Waals surface area contributed by atoms with Crippen molar-refractivity contribution in [2.24, 2.45) is 4.99 Å². The van der Waals surface area contributed by atoms with Crippen molar-refractivity contribution in [2.75, 3.05) is 27.4 Å². The smallest absolute Gasteiger partial charge is 0.279 e. The maximum atomic E-state index is 13.6. The van der Waals surface area contributed by atoms with Crippen molar-refractivity contribution in [3.63, 3.8) is 0 Å². The van der Waals surface area contributed by atoms with Gasteiger partial charge in [-0.2, -0.15) is 4.99 Å². The second-order valence-corrected chi connectivity index (χ2v) is 6.87. The van der Waals surface area contributed by atoms with E-state index in [1.807, 2.05) is 11.5 Å². The van der Waals surface area contributed by atoms with Crippen molar-refractivity contribution in [3.8, 4) is 11.5 Å². The summed E-state index contributed by atoms with van der Waals surface area (Å²) in [6.45, 7) is 3.48. The van der Waals surface area contributed by atoms with Crippen molar-refractivity contribution in [2.45, 2.75) is 13.5 Å². The van der Waals surface area contributed by atoms with Crippen LogP contribution in [0.25, 0.3) is 10.2 Å². The van der Waals surface area contributed by atoms with Gasteiger partial charge in [0, 0.05) is 24.8 Å². The van der Waals surface area contributed by atoms with Gasteiger partial charge in [0.1, 0.15) is 17.3 Å². The van der Waals surface area contributed by atoms with Gasteiger partial charge in [-0.05, 0) is 37.3 Å². The molecule has 0 bridgehead atoms. The Morgan fingerprint density at radius 3 is 2.50 bits per heavy atom. The number of benzene rings is 2. The third-order valence-corrected chi connectivity index (χ3v) is 5.14. The van der Waals surface area contributed by atoms with E-state index in [0.717, 1.165) is 5.52 Å². The lowest BCUT2D eigenvalue weighted by Gasteiger charge is -2.07. The van der Waals surface area contributed by atoms with Crippen molar-refractivity contribution >= 4 is 27.5 Å². The number of amides is 1. The van der Waals surface area contributed by atoms with Gasteiger partial charge < -0.3 is 18.8 Å². The first-order valence-corrected chi connectivity index (χ1v) is 9.56. The van der Waals surface area contributed by atoms with Crippen molar-refractivity contribution in [1.82, 2.24) is 4.57 Å². The molecule has 2 aromatic carbocycles. The van der Waals surface area contributed by atoms with Gasteiger partial charge in [0.15, 0.2) is 4.80 Å². The summed E-state index contributed by atoms with van der Waals surface area (Å²) >= 11 is 1.26. The van der Waals surface area contributed by atoms with E-state index in [9.17, 15) is 9.18 Å². The van der Waals surface area contributed by atoms with E-state index in [-0.39, 0.29) is 5.82 Å². The third-order valence-electron chi connectivity index (χ3n) is 4.10. The summed E-state index contributed by atoms with van der Waals surface area (Å²) in [5.41, 5.74) is 1.15. The molecule has 0 aliphatic carbocycles. The third kappa shape index (κ3) is 4.40. The Bertz CT molecular complexity index is 1040. The Morgan fingerprint density at radius 1 is 1.14 bits per heavy atom. The molecule has 6 nitrogen and oxygen atoms in total. The molecule has 3 rings (SSSR count). The average Bonchev–Trinajstić information content (AvgIpc) is 3.03. The summed E-state index contributed by atoms with van der Waals surface area (Å²) in [5.74, 6) is 0.233. The number of ether oxygens (including phenoxy) is 3. The number of carbonyl (C=O) groups is 1. The van der Waals surface area contributed by atoms with Gasteiger partial charge in [-0.15, -0.1) is 0 Å². The van der Waals surface area contributed by atoms with Crippen LogP contribution in [0.4, 0.5) is 4.39 Å². The Labute approximate surface area is 165 Å². The minimum Gasteiger partial charge on any atom is -0.497 e. The monoisotopic (exact) mass is 404 g/mol. The van der Waals surface area contributed by atoms with Crippen LogP contribution in [0.1, 0.15) is 17.3 Å². The fourth-order valence-corrected chi connectivity index (χ4v) is 3.81. The normalized spacial score (nSPS) is 11.8. The average molecular weight is 404 g/mol. The number of nitrogens with zero attached hydrogens (tertiary/aromatic N) is 2. The van der Waals surface area contributed by atoms with Crippen LogP contribution in [0.2, 0.25) is 0 Å². The predicted molar refractivity (Wildman–Crippen MR) is 106 cm³/mol. The van der Waals surface area contributed by atoms with E-state index in [1.165, 1.54) is 37.7 Å². The fraction of sp³-hybridized carbons (Fsp3) is 0.300. The highest BCUT2D eigenvalue weighted by molar-refractivity contribution is 7.16. The zero-order valence-corrected chi connectivity index (χ0v) is 16.7. The van der Waals surface area contributed by atoms with Crippen LogP contribution in [-0.2, 0) is 11.3 Å². The first-order valence-electron chi connectivity index (χ1n) is 8.74. The molecular formula is C20H21FN2O4S. The predicted octanol–water partition coefficient (Wildman–Crippen LogP) is 3.64. The summed E-state index contributed by atoms with van der Waals surface area (Å²) in [6.07, 6.45) is 0. The molecule has 0 saturated heterocycles. The molecule has 1 amide bonds. The molecule has 148 valence electrons. The lowest BCUT2D eigenvalue weighted by atomic mass is 10.2. The number of halogens is 1. The van der Waals surface area contributed by atoms with Gasteiger partial charge >= 0.3 is 0 Å². The van der Waals surface area contributed by atoms with Crippen LogP contribution in [-0.4, -0.2) is 37.9 Å². The first kappa shape index (κ1) is 20.0. The number of hydrogen-bond donors (Lipinski definition) is 0. The topological polar surface area (TPSA) is 62.1 Å². The molecule has 0 saturated carbocycles. The SMILES string of the molecule is CCOCCn1c(=NC(=O)c2cc(OC)cc(OC)c2)sc2cc(F)ccc21. The van der Waals surface area contributed by atoms with Gasteiger partial charge in [-0.1, -0.05) is 11.3 Å². The number of methoxy groups -OCH3 is 2. The van der Waals surface area contributed by atoms with E-state index in [1.54, 1.807) is 24.3 Å². The van der Waals surface area contributed by atoms with E-state index in [2.05, 4.69) is 4.99 Å². The Kier molecular flexibility index (Phi) is 6.43. The van der Waals surface area contributed by atoms with Gasteiger partial charge in [0.2, 0.25) is 0 Å². The number of carbonyl (C=O) groups excluding carboxylic acids is 1. The van der Waals surface area contributed by atoms with Gasteiger partial charge in [-0.25, -0.2) is 4.39 Å². The molecule has 0 aliphatic heterocycles. The number of fused-ring (bicyclic) bond motifs is 1. The molecule has 0 radical (unpaired) electrons. The van der Waals surface area contributed by atoms with Crippen LogP contribution in [0.5, 0.6) is 11.5 Å². The summed E-state index contributed by atoms with van der Waals surface area (Å²) in [4.78, 5) is 17.5. The Morgan fingerprint density at radius 2 is 1.86 bits per heavy atom. The number of thiazole rings is 1. The van der Waals surface area contributed by atoms with E-state index in [4.69, 9.17) is 14.2 Å². The van der Waals surface area contributed by atoms with E-state index >= 15 is 0 Å². The molecule has 1 heterocycles. The molecule has 1 aromatic heterocycles. The molecule has 0 aliphatic rings.